The number of carbonyl (C=O) groups is 1. The molecule has 2 N–H and O–H groups in total. The summed E-state index contributed by atoms with van der Waals surface area (Å²) >= 11 is 1.59. The number of benzene rings is 1. The number of fused-ring (bicyclic) bond motifs is 3. The predicted molar refractivity (Wildman–Crippen MR) is 99.1 cm³/mol. The van der Waals surface area contributed by atoms with E-state index in [1.807, 2.05) is 26.0 Å². The molecule has 132 valence electrons. The van der Waals surface area contributed by atoms with Gasteiger partial charge in [-0.2, -0.15) is 5.26 Å². The fourth-order valence-electron chi connectivity index (χ4n) is 3.43. The Bertz CT molecular complexity index is 970. The molecule has 1 aromatic carbocycles. The molecule has 2 atom stereocenters. The summed E-state index contributed by atoms with van der Waals surface area (Å²) in [6.45, 7) is 3.94. The smallest absolute Gasteiger partial charge is 0.231 e. The minimum Gasteiger partial charge on any atom is -0.485 e. The molecule has 1 amide bonds. The largest absolute Gasteiger partial charge is 0.485 e. The zero-order valence-electron chi connectivity index (χ0n) is 14.7. The second-order valence-electron chi connectivity index (χ2n) is 6.91. The first-order chi connectivity index (χ1) is 12.3. The van der Waals surface area contributed by atoms with Crippen LogP contribution < -0.4 is 10.1 Å². The molecule has 0 aliphatic carbocycles. The van der Waals surface area contributed by atoms with Crippen LogP contribution in [0.5, 0.6) is 5.75 Å². The molecule has 4 rings (SSSR count). The lowest BCUT2D eigenvalue weighted by molar-refractivity contribution is -0.129. The molecule has 7 heteroatoms. The Kier molecular flexibility index (Phi) is 3.56. The molecule has 0 saturated carbocycles. The van der Waals surface area contributed by atoms with Crippen LogP contribution in [0, 0.1) is 16.7 Å². The van der Waals surface area contributed by atoms with Crippen LogP contribution in [0.4, 0.5) is 0 Å². The summed E-state index contributed by atoms with van der Waals surface area (Å²) in [4.78, 5) is 15.7. The van der Waals surface area contributed by atoms with Gasteiger partial charge in [0.2, 0.25) is 5.91 Å². The second-order valence-corrected chi connectivity index (χ2v) is 7.99. The Morgan fingerprint density at radius 3 is 2.88 bits per heavy atom. The molecule has 2 aliphatic heterocycles. The molecule has 0 spiro atoms. The molecule has 2 aromatic rings. The summed E-state index contributed by atoms with van der Waals surface area (Å²) in [5.41, 5.74) is 1.89. The number of hydrogen-bond acceptors (Lipinski definition) is 5. The number of ether oxygens (including phenoxy) is 1. The predicted octanol–water partition coefficient (Wildman–Crippen LogP) is 3.34. The first-order valence-electron chi connectivity index (χ1n) is 8.31. The Hall–Kier alpha value is -2.85. The topological polar surface area (TPSA) is 89.2 Å². The molecule has 1 saturated heterocycles. The fourth-order valence-corrected chi connectivity index (χ4v) is 4.69. The lowest BCUT2D eigenvalue weighted by Gasteiger charge is -2.38. The van der Waals surface area contributed by atoms with Gasteiger partial charge < -0.3 is 10.1 Å². The Morgan fingerprint density at radius 2 is 2.19 bits per heavy atom. The van der Waals surface area contributed by atoms with E-state index in [0.29, 0.717) is 5.56 Å². The maximum absolute atomic E-state index is 12.3. The molecule has 6 nitrogen and oxygen atoms in total. The van der Waals surface area contributed by atoms with E-state index in [1.54, 1.807) is 24.5 Å². The Balaban J connectivity index is 1.82. The van der Waals surface area contributed by atoms with Crippen LogP contribution >= 0.6 is 11.3 Å². The molecule has 2 aliphatic rings. The summed E-state index contributed by atoms with van der Waals surface area (Å²) in [7, 11) is 1.60. The summed E-state index contributed by atoms with van der Waals surface area (Å²) in [5.74, 6) is 0.782. The zero-order chi connectivity index (χ0) is 18.6. The Labute approximate surface area is 155 Å². The van der Waals surface area contributed by atoms with Crippen molar-refractivity contribution in [3.05, 3.63) is 39.6 Å². The summed E-state index contributed by atoms with van der Waals surface area (Å²) < 4.78 is 6.01. The third-order valence-electron chi connectivity index (χ3n) is 4.99. The third-order valence-corrected chi connectivity index (χ3v) is 6.55. The van der Waals surface area contributed by atoms with Gasteiger partial charge in [-0.3, -0.25) is 15.1 Å². The van der Waals surface area contributed by atoms with Crippen molar-refractivity contribution in [3.63, 3.8) is 0 Å². The number of amides is 1. The molecular formula is C19H18N4O2S. The van der Waals surface area contributed by atoms with Crippen molar-refractivity contribution in [2.75, 3.05) is 7.05 Å². The van der Waals surface area contributed by atoms with E-state index in [0.717, 1.165) is 26.6 Å². The van der Waals surface area contributed by atoms with Crippen molar-refractivity contribution in [2.45, 2.75) is 31.9 Å². The lowest BCUT2D eigenvalue weighted by atomic mass is 9.91. The van der Waals surface area contributed by atoms with Crippen LogP contribution in [0.2, 0.25) is 0 Å². The van der Waals surface area contributed by atoms with E-state index < -0.39 is 5.54 Å². The van der Waals surface area contributed by atoms with Crippen LogP contribution in [0.3, 0.4) is 0 Å². The van der Waals surface area contributed by atoms with E-state index in [2.05, 4.69) is 17.5 Å². The molecular weight excluding hydrogens is 348 g/mol. The van der Waals surface area contributed by atoms with Crippen molar-refractivity contribution in [1.82, 2.24) is 10.2 Å². The van der Waals surface area contributed by atoms with Gasteiger partial charge in [0.15, 0.2) is 5.96 Å². The monoisotopic (exact) mass is 366 g/mol. The van der Waals surface area contributed by atoms with Crippen molar-refractivity contribution < 1.29 is 9.53 Å². The van der Waals surface area contributed by atoms with Gasteiger partial charge in [-0.1, -0.05) is 0 Å². The van der Waals surface area contributed by atoms with Crippen LogP contribution in [-0.2, 0) is 10.3 Å². The highest BCUT2D eigenvalue weighted by molar-refractivity contribution is 7.12. The highest BCUT2D eigenvalue weighted by Crippen LogP contribution is 2.49. The second kappa shape index (κ2) is 5.58. The summed E-state index contributed by atoms with van der Waals surface area (Å²) in [6.07, 6.45) is 0.181. The summed E-state index contributed by atoms with van der Waals surface area (Å²) in [6, 6.07) is 9.67. The van der Waals surface area contributed by atoms with E-state index in [4.69, 9.17) is 10.1 Å². The number of nitriles is 1. The van der Waals surface area contributed by atoms with E-state index in [-0.39, 0.29) is 24.4 Å². The Morgan fingerprint density at radius 1 is 1.42 bits per heavy atom. The molecule has 3 heterocycles. The van der Waals surface area contributed by atoms with Crippen LogP contribution in [0.15, 0.2) is 24.3 Å². The van der Waals surface area contributed by atoms with Gasteiger partial charge in [0.25, 0.3) is 0 Å². The third kappa shape index (κ3) is 2.37. The molecule has 0 unspecified atom stereocenters. The number of nitrogens with zero attached hydrogens (tertiary/aromatic N) is 2. The SMILES string of the molecule is C[C@@H]1Oc2ccc(C#N)cc2-c2cc([C@]3(C)CC(=O)N(C)C(=N)N3)sc21. The first kappa shape index (κ1) is 16.6. The van der Waals surface area contributed by atoms with Gasteiger partial charge in [0, 0.05) is 23.1 Å². The van der Waals surface area contributed by atoms with Gasteiger partial charge in [-0.15, -0.1) is 11.3 Å². The molecule has 1 aromatic heterocycles. The molecule has 0 radical (unpaired) electrons. The van der Waals surface area contributed by atoms with E-state index in [1.165, 1.54) is 4.90 Å². The maximum atomic E-state index is 12.3. The zero-order valence-corrected chi connectivity index (χ0v) is 15.5. The number of rotatable bonds is 1. The average molecular weight is 366 g/mol. The van der Waals surface area contributed by atoms with Crippen molar-refractivity contribution in [3.8, 4) is 22.9 Å². The minimum atomic E-state index is -0.630. The van der Waals surface area contributed by atoms with Crippen molar-refractivity contribution in [1.29, 1.82) is 10.7 Å². The highest BCUT2D eigenvalue weighted by Gasteiger charge is 2.40. The standard InChI is InChI=1S/C19H18N4O2S/c1-10-17-13(12-6-11(9-20)4-5-14(12)25-10)7-15(26-17)19(2)8-16(24)23(3)18(21)22-19/h4-7,10H,8H2,1-3H3,(H2,21,22)/t10-,19-/m0/s1. The normalized spacial score (nSPS) is 24.2. The van der Waals surface area contributed by atoms with Crippen LogP contribution in [0.25, 0.3) is 11.1 Å². The minimum absolute atomic E-state index is 0.0842. The van der Waals surface area contributed by atoms with E-state index in [9.17, 15) is 10.1 Å². The summed E-state index contributed by atoms with van der Waals surface area (Å²) in [5, 5.41) is 20.4. The van der Waals surface area contributed by atoms with Crippen molar-refractivity contribution in [2.24, 2.45) is 0 Å². The number of thiophene rings is 1. The van der Waals surface area contributed by atoms with Crippen LogP contribution in [0.1, 0.15) is 41.7 Å². The quantitative estimate of drug-likeness (QED) is 0.810. The van der Waals surface area contributed by atoms with E-state index >= 15 is 0 Å². The van der Waals surface area contributed by atoms with Crippen molar-refractivity contribution >= 4 is 23.2 Å². The fraction of sp³-hybridized carbons (Fsp3) is 0.316. The number of nitrogens with one attached hydrogen (secondary N) is 2. The number of carbonyl (C=O) groups excluding carboxylic acids is 1. The lowest BCUT2D eigenvalue weighted by Crippen LogP contribution is -2.57. The molecule has 26 heavy (non-hydrogen) atoms. The van der Waals surface area contributed by atoms with Gasteiger partial charge in [0.1, 0.15) is 11.9 Å². The van der Waals surface area contributed by atoms with Gasteiger partial charge in [0.05, 0.1) is 28.5 Å². The number of hydrogen-bond donors (Lipinski definition) is 2. The number of guanidine groups is 1. The molecule has 0 bridgehead atoms. The van der Waals surface area contributed by atoms with Gasteiger partial charge in [-0.05, 0) is 38.1 Å². The van der Waals surface area contributed by atoms with Gasteiger partial charge >= 0.3 is 0 Å². The first-order valence-corrected chi connectivity index (χ1v) is 9.13. The van der Waals surface area contributed by atoms with Crippen LogP contribution in [-0.4, -0.2) is 23.8 Å². The molecule has 1 fully saturated rings. The van der Waals surface area contributed by atoms with Gasteiger partial charge in [-0.25, -0.2) is 0 Å². The highest BCUT2D eigenvalue weighted by atomic mass is 32.1. The maximum Gasteiger partial charge on any atom is 0.231 e. The average Bonchev–Trinajstić information content (AvgIpc) is 3.07.